The molecule has 0 bridgehead atoms. The number of ether oxygens (including phenoxy) is 1. The maximum Gasteiger partial charge on any atom is 0.252 e. The fourth-order valence-corrected chi connectivity index (χ4v) is 1.86. The van der Waals surface area contributed by atoms with Crippen LogP contribution in [0.5, 0.6) is 11.5 Å². The van der Waals surface area contributed by atoms with Crippen molar-refractivity contribution in [3.63, 3.8) is 0 Å². The number of terminal acetylenes is 1. The molecule has 0 heterocycles. The van der Waals surface area contributed by atoms with Crippen LogP contribution in [0.2, 0.25) is 0 Å². The molecule has 0 aromatic heterocycles. The van der Waals surface area contributed by atoms with Crippen LogP contribution in [0.3, 0.4) is 0 Å². The number of benzene rings is 2. The molecular formula is C16H8Cl2O3. The van der Waals surface area contributed by atoms with E-state index in [2.05, 4.69) is 5.92 Å². The molecule has 0 radical (unpaired) electrons. The first-order chi connectivity index (χ1) is 9.99. The van der Waals surface area contributed by atoms with Crippen LogP contribution in [0.1, 0.15) is 26.3 Å². The van der Waals surface area contributed by atoms with Gasteiger partial charge >= 0.3 is 0 Å². The molecule has 3 nitrogen and oxygen atoms in total. The summed E-state index contributed by atoms with van der Waals surface area (Å²) in [4.78, 5) is 22.5. The van der Waals surface area contributed by atoms with Gasteiger partial charge in [0.25, 0.3) is 10.5 Å². The van der Waals surface area contributed by atoms with Crippen LogP contribution in [0.15, 0.2) is 42.5 Å². The molecule has 0 spiro atoms. The molecule has 0 saturated heterocycles. The topological polar surface area (TPSA) is 43.4 Å². The van der Waals surface area contributed by atoms with Crippen LogP contribution in [-0.4, -0.2) is 10.5 Å². The van der Waals surface area contributed by atoms with Gasteiger partial charge in [-0.05, 0) is 65.7 Å². The number of hydrogen-bond donors (Lipinski definition) is 0. The van der Waals surface area contributed by atoms with Crippen molar-refractivity contribution in [2.75, 3.05) is 0 Å². The van der Waals surface area contributed by atoms with Gasteiger partial charge in [0.2, 0.25) is 0 Å². The molecule has 0 fully saturated rings. The van der Waals surface area contributed by atoms with Gasteiger partial charge in [0.15, 0.2) is 0 Å². The smallest absolute Gasteiger partial charge is 0.252 e. The second-order valence-electron chi connectivity index (χ2n) is 4.06. The summed E-state index contributed by atoms with van der Waals surface area (Å²) in [6.45, 7) is 0. The molecule has 0 saturated carbocycles. The van der Waals surface area contributed by atoms with E-state index in [1.165, 1.54) is 18.2 Å². The summed E-state index contributed by atoms with van der Waals surface area (Å²) in [7, 11) is 0. The zero-order valence-corrected chi connectivity index (χ0v) is 12.1. The van der Waals surface area contributed by atoms with Crippen LogP contribution >= 0.6 is 23.2 Å². The van der Waals surface area contributed by atoms with Gasteiger partial charge in [-0.3, -0.25) is 9.59 Å². The lowest BCUT2D eigenvalue weighted by molar-refractivity contribution is 0.108. The molecule has 21 heavy (non-hydrogen) atoms. The minimum absolute atomic E-state index is 0.124. The number of rotatable bonds is 4. The van der Waals surface area contributed by atoms with E-state index in [9.17, 15) is 9.59 Å². The highest BCUT2D eigenvalue weighted by Crippen LogP contribution is 2.25. The van der Waals surface area contributed by atoms with Crippen molar-refractivity contribution in [3.05, 3.63) is 59.2 Å². The third kappa shape index (κ3) is 3.85. The first kappa shape index (κ1) is 15.1. The minimum Gasteiger partial charge on any atom is -0.457 e. The zero-order chi connectivity index (χ0) is 15.4. The maximum atomic E-state index is 11.2. The van der Waals surface area contributed by atoms with E-state index in [0.29, 0.717) is 11.3 Å². The normalized spacial score (nSPS) is 9.76. The van der Waals surface area contributed by atoms with E-state index >= 15 is 0 Å². The Morgan fingerprint density at radius 3 is 1.86 bits per heavy atom. The van der Waals surface area contributed by atoms with Crippen LogP contribution in [0.4, 0.5) is 0 Å². The molecule has 0 aliphatic heterocycles. The molecule has 104 valence electrons. The Hall–Kier alpha value is -2.28. The van der Waals surface area contributed by atoms with Gasteiger partial charge in [-0.15, -0.1) is 6.42 Å². The summed E-state index contributed by atoms with van der Waals surface area (Å²) >= 11 is 10.8. The van der Waals surface area contributed by atoms with Crippen molar-refractivity contribution in [2.45, 2.75) is 0 Å². The van der Waals surface area contributed by atoms with Gasteiger partial charge in [0, 0.05) is 16.7 Å². The van der Waals surface area contributed by atoms with Crippen molar-refractivity contribution in [1.29, 1.82) is 0 Å². The van der Waals surface area contributed by atoms with Gasteiger partial charge in [-0.25, -0.2) is 0 Å². The van der Waals surface area contributed by atoms with Gasteiger partial charge in [0.1, 0.15) is 11.5 Å². The van der Waals surface area contributed by atoms with E-state index in [1.807, 2.05) is 0 Å². The Kier molecular flexibility index (Phi) is 4.64. The second kappa shape index (κ2) is 6.45. The lowest BCUT2D eigenvalue weighted by atomic mass is 10.1. The largest absolute Gasteiger partial charge is 0.457 e. The molecule has 0 N–H and O–H groups in total. The summed E-state index contributed by atoms with van der Waals surface area (Å²) < 4.78 is 5.57. The SMILES string of the molecule is C#Cc1ccc(Oc2cc(C(=O)Cl)cc(C(=O)Cl)c2)cc1. The number of carbonyl (C=O) groups is 2. The predicted octanol–water partition coefficient (Wildman–Crippen LogP) is 4.22. The zero-order valence-electron chi connectivity index (χ0n) is 10.6. The molecule has 0 unspecified atom stereocenters. The molecule has 0 aliphatic rings. The third-order valence-corrected chi connectivity index (χ3v) is 3.05. The van der Waals surface area contributed by atoms with E-state index in [0.717, 1.165) is 0 Å². The molecule has 0 atom stereocenters. The van der Waals surface area contributed by atoms with E-state index < -0.39 is 10.5 Å². The second-order valence-corrected chi connectivity index (χ2v) is 4.75. The summed E-state index contributed by atoms with van der Waals surface area (Å²) in [5.74, 6) is 3.26. The van der Waals surface area contributed by atoms with Crippen molar-refractivity contribution >= 4 is 33.7 Å². The Balaban J connectivity index is 2.36. The average Bonchev–Trinajstić information content (AvgIpc) is 2.47. The number of hydrogen-bond acceptors (Lipinski definition) is 3. The minimum atomic E-state index is -0.706. The summed E-state index contributed by atoms with van der Waals surface area (Å²) in [6, 6.07) is 10.9. The van der Waals surface area contributed by atoms with Gasteiger partial charge in [-0.2, -0.15) is 0 Å². The van der Waals surface area contributed by atoms with E-state index in [1.54, 1.807) is 24.3 Å². The Labute approximate surface area is 131 Å². The molecule has 0 amide bonds. The molecule has 2 aromatic rings. The van der Waals surface area contributed by atoms with Crippen LogP contribution in [0.25, 0.3) is 0 Å². The maximum absolute atomic E-state index is 11.2. The first-order valence-electron chi connectivity index (χ1n) is 5.79. The van der Waals surface area contributed by atoms with E-state index in [4.69, 9.17) is 34.4 Å². The lowest BCUT2D eigenvalue weighted by Gasteiger charge is -2.08. The van der Waals surface area contributed by atoms with Gasteiger partial charge in [-0.1, -0.05) is 5.92 Å². The quantitative estimate of drug-likeness (QED) is 0.626. The predicted molar refractivity (Wildman–Crippen MR) is 81.3 cm³/mol. The van der Waals surface area contributed by atoms with Gasteiger partial charge < -0.3 is 4.74 Å². The molecule has 2 rings (SSSR count). The average molecular weight is 319 g/mol. The van der Waals surface area contributed by atoms with Crippen LogP contribution in [-0.2, 0) is 0 Å². The highest BCUT2D eigenvalue weighted by molar-refractivity contribution is 6.69. The molecule has 5 heteroatoms. The van der Waals surface area contributed by atoms with Crippen molar-refractivity contribution < 1.29 is 14.3 Å². The third-order valence-electron chi connectivity index (χ3n) is 2.62. The summed E-state index contributed by atoms with van der Waals surface area (Å²) in [5.41, 5.74) is 0.959. The fourth-order valence-electron chi connectivity index (χ4n) is 1.64. The summed E-state index contributed by atoms with van der Waals surface area (Å²) in [6.07, 6.45) is 5.26. The Morgan fingerprint density at radius 1 is 0.905 bits per heavy atom. The fraction of sp³-hybridized carbons (Fsp3) is 0. The van der Waals surface area contributed by atoms with Crippen LogP contribution < -0.4 is 4.74 Å². The standard InChI is InChI=1S/C16H8Cl2O3/c1-2-10-3-5-13(6-4-10)21-14-8-11(15(17)19)7-12(9-14)16(18)20/h1,3-9H. The van der Waals surface area contributed by atoms with Crippen molar-refractivity contribution in [1.82, 2.24) is 0 Å². The Morgan fingerprint density at radius 2 is 1.43 bits per heavy atom. The lowest BCUT2D eigenvalue weighted by Crippen LogP contribution is -1.97. The van der Waals surface area contributed by atoms with Gasteiger partial charge in [0.05, 0.1) is 0 Å². The molecular weight excluding hydrogens is 311 g/mol. The van der Waals surface area contributed by atoms with Crippen molar-refractivity contribution in [3.8, 4) is 23.8 Å². The monoisotopic (exact) mass is 318 g/mol. The number of carbonyl (C=O) groups excluding carboxylic acids is 2. The highest BCUT2D eigenvalue weighted by atomic mass is 35.5. The first-order valence-corrected chi connectivity index (χ1v) is 6.54. The molecule has 0 aliphatic carbocycles. The van der Waals surface area contributed by atoms with E-state index in [-0.39, 0.29) is 16.9 Å². The highest BCUT2D eigenvalue weighted by Gasteiger charge is 2.11. The number of halogens is 2. The molecule has 2 aromatic carbocycles. The Bertz CT molecular complexity index is 711. The van der Waals surface area contributed by atoms with Crippen molar-refractivity contribution in [2.24, 2.45) is 0 Å². The summed E-state index contributed by atoms with van der Waals surface area (Å²) in [5, 5.41) is -1.41. The van der Waals surface area contributed by atoms with Crippen LogP contribution in [0, 0.1) is 12.3 Å².